The lowest BCUT2D eigenvalue weighted by molar-refractivity contribution is 0.287. The van der Waals surface area contributed by atoms with Crippen LogP contribution in [0.2, 0.25) is 5.02 Å². The summed E-state index contributed by atoms with van der Waals surface area (Å²) in [6.07, 6.45) is 8.43. The van der Waals surface area contributed by atoms with Crippen LogP contribution in [0.3, 0.4) is 0 Å². The molecule has 1 saturated heterocycles. The fourth-order valence-corrected chi connectivity index (χ4v) is 8.34. The highest BCUT2D eigenvalue weighted by atomic mass is 79.9. The highest BCUT2D eigenvalue weighted by Crippen LogP contribution is 2.35. The maximum absolute atomic E-state index is 13.4. The third kappa shape index (κ3) is 5.22. The highest BCUT2D eigenvalue weighted by Gasteiger charge is 2.40. The molecule has 2 unspecified atom stereocenters. The number of hydrogen-bond donors (Lipinski definition) is 0. The van der Waals surface area contributed by atoms with E-state index in [1.54, 1.807) is 15.0 Å². The number of sulfonamides is 1. The van der Waals surface area contributed by atoms with Gasteiger partial charge in [-0.15, -0.1) is 0 Å². The smallest absolute Gasteiger partial charge is 0.218 e. The Morgan fingerprint density at radius 2 is 1.92 bits per heavy atom. The van der Waals surface area contributed by atoms with Crippen LogP contribution in [0.25, 0.3) is 23.0 Å². The predicted molar refractivity (Wildman–Crippen MR) is 149 cm³/mol. The molecule has 1 saturated carbocycles. The molecule has 2 aromatic heterocycles. The summed E-state index contributed by atoms with van der Waals surface area (Å²) in [5.74, 6) is -0.136. The molecule has 0 bridgehead atoms. The lowest BCUT2D eigenvalue weighted by Gasteiger charge is -2.36. The number of hydrogen-bond acceptors (Lipinski definition) is 5. The van der Waals surface area contributed by atoms with Gasteiger partial charge in [0.05, 0.1) is 39.3 Å². The molecule has 1 aromatic carbocycles. The molecule has 0 amide bonds. The van der Waals surface area contributed by atoms with Crippen LogP contribution >= 0.6 is 27.5 Å². The number of fused-ring (bicyclic) bond motifs is 1. The maximum atomic E-state index is 13.4. The Labute approximate surface area is 231 Å². The van der Waals surface area contributed by atoms with Crippen molar-refractivity contribution in [1.82, 2.24) is 18.9 Å². The van der Waals surface area contributed by atoms with Gasteiger partial charge in [-0.2, -0.15) is 10.4 Å². The second kappa shape index (κ2) is 10.9. The summed E-state index contributed by atoms with van der Waals surface area (Å²) in [6.45, 7) is 3.06. The molecule has 10 heteroatoms. The lowest BCUT2D eigenvalue weighted by Crippen LogP contribution is -2.46. The number of halogens is 2. The topological polar surface area (TPSA) is 91.4 Å². The first-order valence-electron chi connectivity index (χ1n) is 12.7. The summed E-state index contributed by atoms with van der Waals surface area (Å²) in [5.41, 5.74) is 4.38. The minimum Gasteiger partial charge on any atom is -0.227 e. The Hall–Kier alpha value is -2.25. The Bertz CT molecular complexity index is 1490. The number of nitriles is 1. The normalized spacial score (nSPS) is 22.3. The minimum atomic E-state index is -3.47. The molecular weight excluding hydrogens is 574 g/mol. The van der Waals surface area contributed by atoms with Crippen molar-refractivity contribution < 1.29 is 8.42 Å². The number of allylic oxidation sites excluding steroid dienone is 1. The first kappa shape index (κ1) is 26.4. The average Bonchev–Trinajstić information content (AvgIpc) is 3.29. The monoisotopic (exact) mass is 601 g/mol. The number of rotatable bonds is 5. The van der Waals surface area contributed by atoms with E-state index in [0.717, 1.165) is 47.1 Å². The van der Waals surface area contributed by atoms with Crippen LogP contribution in [0.1, 0.15) is 51.1 Å². The van der Waals surface area contributed by atoms with E-state index in [1.807, 2.05) is 30.3 Å². The molecule has 0 spiro atoms. The van der Waals surface area contributed by atoms with E-state index in [0.29, 0.717) is 36.6 Å². The second-order valence-corrected chi connectivity index (χ2v) is 13.4. The largest absolute Gasteiger partial charge is 0.227 e. The van der Waals surface area contributed by atoms with Gasteiger partial charge in [0.2, 0.25) is 10.0 Å². The Morgan fingerprint density at radius 3 is 2.65 bits per heavy atom. The van der Waals surface area contributed by atoms with E-state index in [2.05, 4.69) is 40.1 Å². The third-order valence-electron chi connectivity index (χ3n) is 7.69. The van der Waals surface area contributed by atoms with Gasteiger partial charge in [0, 0.05) is 23.7 Å². The van der Waals surface area contributed by atoms with Crippen molar-refractivity contribution >= 4 is 49.3 Å². The van der Waals surface area contributed by atoms with Crippen LogP contribution in [-0.4, -0.2) is 45.7 Å². The predicted octanol–water partition coefficient (Wildman–Crippen LogP) is 6.34. The molecule has 1 aliphatic carbocycles. The van der Waals surface area contributed by atoms with Gasteiger partial charge < -0.3 is 0 Å². The van der Waals surface area contributed by atoms with Crippen LogP contribution in [-0.2, 0) is 10.0 Å². The standard InChI is InChI=1S/C27H29BrClN5O2S/c1-18(19-10-12-33(13-11-19)37(35,36)26-9-5-2-6-20(26)16-30)14-21-15-25(22-7-3-4-8-24(22)29)32-27-23(28)17-31-34(21)27/h3-4,7-8,14-15,17,19-20,26H,2,5-6,9-13H2,1H3/b18-14-. The zero-order chi connectivity index (χ0) is 26.2. The zero-order valence-electron chi connectivity index (χ0n) is 20.6. The average molecular weight is 603 g/mol. The van der Waals surface area contributed by atoms with Gasteiger partial charge in [-0.3, -0.25) is 0 Å². The van der Waals surface area contributed by atoms with Gasteiger partial charge in [0.25, 0.3) is 0 Å². The molecule has 0 radical (unpaired) electrons. The molecule has 3 heterocycles. The fourth-order valence-electron chi connectivity index (χ4n) is 5.58. The van der Waals surface area contributed by atoms with Gasteiger partial charge >= 0.3 is 0 Å². The van der Waals surface area contributed by atoms with E-state index in [4.69, 9.17) is 16.6 Å². The molecule has 194 valence electrons. The van der Waals surface area contributed by atoms with Gasteiger partial charge in [0.15, 0.2) is 5.65 Å². The van der Waals surface area contributed by atoms with Gasteiger partial charge in [-0.05, 0) is 72.7 Å². The molecule has 5 rings (SSSR count). The highest BCUT2D eigenvalue weighted by molar-refractivity contribution is 9.10. The summed E-state index contributed by atoms with van der Waals surface area (Å²) in [6, 6.07) is 11.9. The molecule has 0 N–H and O–H groups in total. The van der Waals surface area contributed by atoms with Crippen molar-refractivity contribution in [3.05, 3.63) is 57.3 Å². The van der Waals surface area contributed by atoms with Crippen LogP contribution in [0, 0.1) is 23.2 Å². The van der Waals surface area contributed by atoms with Crippen LogP contribution in [0.15, 0.2) is 46.6 Å². The maximum Gasteiger partial charge on any atom is 0.218 e. The summed E-state index contributed by atoms with van der Waals surface area (Å²) >= 11 is 10.0. The van der Waals surface area contributed by atoms with Crippen molar-refractivity contribution in [2.75, 3.05) is 13.1 Å². The van der Waals surface area contributed by atoms with Crippen LogP contribution < -0.4 is 0 Å². The Kier molecular flexibility index (Phi) is 7.73. The Balaban J connectivity index is 1.38. The van der Waals surface area contributed by atoms with Crippen molar-refractivity contribution in [2.45, 2.75) is 50.7 Å². The van der Waals surface area contributed by atoms with E-state index in [-0.39, 0.29) is 5.92 Å². The molecule has 2 aliphatic rings. The van der Waals surface area contributed by atoms with E-state index < -0.39 is 21.2 Å². The lowest BCUT2D eigenvalue weighted by atomic mass is 9.90. The molecule has 2 fully saturated rings. The third-order valence-corrected chi connectivity index (χ3v) is 11.0. The molecule has 2 atom stereocenters. The number of aromatic nitrogens is 3. The Morgan fingerprint density at radius 1 is 1.19 bits per heavy atom. The van der Waals surface area contributed by atoms with Gasteiger partial charge in [0.1, 0.15) is 0 Å². The molecule has 1 aliphatic heterocycles. The minimum absolute atomic E-state index is 0.260. The molecule has 3 aromatic rings. The molecular formula is C27H29BrClN5O2S. The summed E-state index contributed by atoms with van der Waals surface area (Å²) < 4.78 is 30.9. The van der Waals surface area contributed by atoms with E-state index >= 15 is 0 Å². The zero-order valence-corrected chi connectivity index (χ0v) is 23.8. The molecule has 37 heavy (non-hydrogen) atoms. The van der Waals surface area contributed by atoms with E-state index in [9.17, 15) is 13.7 Å². The first-order valence-corrected chi connectivity index (χ1v) is 15.3. The summed E-state index contributed by atoms with van der Waals surface area (Å²) in [7, 11) is -3.47. The van der Waals surface area contributed by atoms with Crippen molar-refractivity contribution in [2.24, 2.45) is 11.8 Å². The van der Waals surface area contributed by atoms with Crippen molar-refractivity contribution in [3.8, 4) is 17.3 Å². The second-order valence-electron chi connectivity index (χ2n) is 9.94. The van der Waals surface area contributed by atoms with Crippen LogP contribution in [0.5, 0.6) is 0 Å². The van der Waals surface area contributed by atoms with Gasteiger partial charge in [-0.25, -0.2) is 22.2 Å². The fraction of sp³-hybridized carbons (Fsp3) is 0.444. The number of piperidine rings is 1. The van der Waals surface area contributed by atoms with Crippen molar-refractivity contribution in [3.63, 3.8) is 0 Å². The number of nitrogens with zero attached hydrogens (tertiary/aromatic N) is 5. The summed E-state index contributed by atoms with van der Waals surface area (Å²) in [5, 5.41) is 14.1. The number of benzene rings is 1. The SMILES string of the molecule is C/C(=C/c1cc(-c2ccccc2Cl)nc2c(Br)cnn12)C1CCN(S(=O)(=O)C2CCCCC2C#N)CC1. The van der Waals surface area contributed by atoms with E-state index in [1.165, 1.54) is 5.57 Å². The summed E-state index contributed by atoms with van der Waals surface area (Å²) in [4.78, 5) is 4.78. The first-order chi connectivity index (χ1) is 17.8. The van der Waals surface area contributed by atoms with Crippen LogP contribution in [0.4, 0.5) is 0 Å². The van der Waals surface area contributed by atoms with Crippen molar-refractivity contribution in [1.29, 1.82) is 5.26 Å². The van der Waals surface area contributed by atoms with Gasteiger partial charge in [-0.1, -0.05) is 48.2 Å². The molecule has 7 nitrogen and oxygen atoms in total. The quantitative estimate of drug-likeness (QED) is 0.340.